The smallest absolute Gasteiger partial charge is 0.254 e. The minimum absolute atomic E-state index is 0.153. The number of hydrogen-bond donors (Lipinski definition) is 0. The molecular weight excluding hydrogens is 316 g/mol. The normalized spacial score (nSPS) is 31.2. The lowest BCUT2D eigenvalue weighted by Gasteiger charge is -2.13. The topological polar surface area (TPSA) is 59.0 Å². The van der Waals surface area contributed by atoms with E-state index in [4.69, 9.17) is 4.74 Å². The monoisotopic (exact) mass is 338 g/mol. The third-order valence-electron chi connectivity index (χ3n) is 5.56. The average molecular weight is 338 g/mol. The number of allylic oxidation sites excluding steroid dienone is 2. The molecule has 2 aliphatic carbocycles. The van der Waals surface area contributed by atoms with Gasteiger partial charge in [0.1, 0.15) is 5.75 Å². The Morgan fingerprint density at radius 2 is 1.76 bits per heavy atom. The van der Waals surface area contributed by atoms with Crippen molar-refractivity contribution >= 4 is 18.0 Å². The number of carbonyl (C=O) groups is 2. The minimum atomic E-state index is -0.203. The predicted octanol–water partition coefficient (Wildman–Crippen LogP) is 3.00. The van der Waals surface area contributed by atoms with Gasteiger partial charge in [-0.15, -0.1) is 0 Å². The van der Waals surface area contributed by atoms with E-state index in [2.05, 4.69) is 24.2 Å². The van der Waals surface area contributed by atoms with Crippen LogP contribution in [0.2, 0.25) is 0 Å². The standard InChI is InChI=1S/C20H22N2O3/c1-3-12(2)25-16-8-4-13(5-9-16)11-21-22-19(23)17-14-6-7-15(10-14)18(17)20(22)24/h4-9,11-12,14-15,17-18H,3,10H2,1-2H3. The van der Waals surface area contributed by atoms with Gasteiger partial charge in [0.05, 0.1) is 24.2 Å². The molecule has 0 aromatic heterocycles. The Labute approximate surface area is 147 Å². The Morgan fingerprint density at radius 3 is 2.32 bits per heavy atom. The first kappa shape index (κ1) is 16.1. The average Bonchev–Trinajstić information content (AvgIpc) is 3.29. The van der Waals surface area contributed by atoms with E-state index in [9.17, 15) is 9.59 Å². The van der Waals surface area contributed by atoms with Crippen molar-refractivity contribution in [2.24, 2.45) is 28.8 Å². The van der Waals surface area contributed by atoms with E-state index in [-0.39, 0.29) is 41.6 Å². The van der Waals surface area contributed by atoms with E-state index in [1.807, 2.05) is 31.2 Å². The molecule has 5 atom stereocenters. The predicted molar refractivity (Wildman–Crippen MR) is 94.0 cm³/mol. The number of ether oxygens (including phenoxy) is 1. The molecule has 5 unspecified atom stereocenters. The van der Waals surface area contributed by atoms with Crippen molar-refractivity contribution in [3.8, 4) is 5.75 Å². The summed E-state index contributed by atoms with van der Waals surface area (Å²) >= 11 is 0. The number of hydrogen-bond acceptors (Lipinski definition) is 4. The second-order valence-corrected chi connectivity index (χ2v) is 7.14. The number of nitrogens with zero attached hydrogens (tertiary/aromatic N) is 2. The molecule has 1 heterocycles. The number of fused-ring (bicyclic) bond motifs is 5. The highest BCUT2D eigenvalue weighted by Crippen LogP contribution is 2.52. The minimum Gasteiger partial charge on any atom is -0.491 e. The van der Waals surface area contributed by atoms with Gasteiger partial charge < -0.3 is 4.74 Å². The number of imide groups is 1. The second kappa shape index (κ2) is 6.14. The molecule has 3 aliphatic rings. The zero-order chi connectivity index (χ0) is 17.6. The fourth-order valence-electron chi connectivity index (χ4n) is 4.07. The van der Waals surface area contributed by atoms with Crippen LogP contribution in [0, 0.1) is 23.7 Å². The number of rotatable bonds is 5. The van der Waals surface area contributed by atoms with Crippen molar-refractivity contribution < 1.29 is 14.3 Å². The molecule has 1 aromatic rings. The summed E-state index contributed by atoms with van der Waals surface area (Å²) in [6, 6.07) is 7.50. The molecule has 1 saturated heterocycles. The molecule has 1 saturated carbocycles. The summed E-state index contributed by atoms with van der Waals surface area (Å²) in [6.07, 6.45) is 7.78. The van der Waals surface area contributed by atoms with Crippen molar-refractivity contribution in [2.75, 3.05) is 0 Å². The molecule has 0 spiro atoms. The van der Waals surface area contributed by atoms with Crippen molar-refractivity contribution in [3.05, 3.63) is 42.0 Å². The van der Waals surface area contributed by atoms with Gasteiger partial charge in [0, 0.05) is 0 Å². The summed E-state index contributed by atoms with van der Waals surface area (Å²) in [6.45, 7) is 4.10. The number of amides is 2. The fraction of sp³-hybridized carbons (Fsp3) is 0.450. The second-order valence-electron chi connectivity index (χ2n) is 7.14. The van der Waals surface area contributed by atoms with Crippen LogP contribution in [-0.4, -0.2) is 29.1 Å². The highest BCUT2D eigenvalue weighted by molar-refractivity contribution is 6.06. The maximum Gasteiger partial charge on any atom is 0.254 e. The summed E-state index contributed by atoms with van der Waals surface area (Å²) in [7, 11) is 0. The van der Waals surface area contributed by atoms with Gasteiger partial charge in [0.25, 0.3) is 11.8 Å². The van der Waals surface area contributed by atoms with Gasteiger partial charge >= 0.3 is 0 Å². The lowest BCUT2D eigenvalue weighted by Crippen LogP contribution is -2.28. The van der Waals surface area contributed by atoms with Crippen LogP contribution >= 0.6 is 0 Å². The number of carbonyl (C=O) groups excluding carboxylic acids is 2. The first-order chi connectivity index (χ1) is 12.1. The van der Waals surface area contributed by atoms with Crippen molar-refractivity contribution in [3.63, 3.8) is 0 Å². The van der Waals surface area contributed by atoms with Crippen molar-refractivity contribution in [1.82, 2.24) is 5.01 Å². The van der Waals surface area contributed by atoms with Gasteiger partial charge in [-0.1, -0.05) is 19.1 Å². The summed E-state index contributed by atoms with van der Waals surface area (Å²) in [4.78, 5) is 25.1. The van der Waals surface area contributed by atoms with E-state index in [0.717, 1.165) is 29.2 Å². The first-order valence-electron chi connectivity index (χ1n) is 8.95. The Hall–Kier alpha value is -2.43. The number of hydrazone groups is 1. The van der Waals surface area contributed by atoms with Crippen LogP contribution in [0.25, 0.3) is 0 Å². The van der Waals surface area contributed by atoms with E-state index in [0.29, 0.717) is 0 Å². The highest BCUT2D eigenvalue weighted by atomic mass is 16.5. The van der Waals surface area contributed by atoms with Crippen molar-refractivity contribution in [1.29, 1.82) is 0 Å². The molecule has 0 N–H and O–H groups in total. The van der Waals surface area contributed by atoms with Crippen molar-refractivity contribution in [2.45, 2.75) is 32.8 Å². The van der Waals surface area contributed by atoms with Gasteiger partial charge in [-0.05, 0) is 61.4 Å². The van der Waals surface area contributed by atoms with Crippen LogP contribution in [0.15, 0.2) is 41.5 Å². The molecular formula is C20H22N2O3. The van der Waals surface area contributed by atoms with Gasteiger partial charge in [0.15, 0.2) is 0 Å². The SMILES string of the molecule is CCC(C)Oc1ccc(C=NN2C(=O)C3C4C=CC(C4)C3C2=O)cc1. The van der Waals surface area contributed by atoms with Crippen LogP contribution in [0.3, 0.4) is 0 Å². The van der Waals surface area contributed by atoms with Crippen LogP contribution in [0.5, 0.6) is 5.75 Å². The molecule has 2 fully saturated rings. The van der Waals surface area contributed by atoms with Gasteiger partial charge in [0.2, 0.25) is 0 Å². The molecule has 130 valence electrons. The Morgan fingerprint density at radius 1 is 1.16 bits per heavy atom. The molecule has 2 bridgehead atoms. The molecule has 0 radical (unpaired) electrons. The maximum absolute atomic E-state index is 12.6. The lowest BCUT2D eigenvalue weighted by molar-refractivity contribution is -0.140. The molecule has 2 amide bonds. The van der Waals surface area contributed by atoms with Crippen LogP contribution in [0.4, 0.5) is 0 Å². The summed E-state index contributed by atoms with van der Waals surface area (Å²) in [5.41, 5.74) is 0.829. The fourth-order valence-corrected chi connectivity index (χ4v) is 4.07. The molecule has 1 aliphatic heterocycles. The molecule has 25 heavy (non-hydrogen) atoms. The Kier molecular flexibility index (Phi) is 3.94. The van der Waals surface area contributed by atoms with Gasteiger partial charge in [-0.2, -0.15) is 10.1 Å². The highest BCUT2D eigenvalue weighted by Gasteiger charge is 2.59. The third kappa shape index (κ3) is 2.68. The molecule has 4 rings (SSSR count). The van der Waals surface area contributed by atoms with E-state index in [1.165, 1.54) is 0 Å². The number of benzene rings is 1. The zero-order valence-corrected chi connectivity index (χ0v) is 14.5. The van der Waals surface area contributed by atoms with E-state index in [1.54, 1.807) is 6.21 Å². The largest absolute Gasteiger partial charge is 0.491 e. The summed E-state index contributed by atoms with van der Waals surface area (Å²) in [5.74, 6) is 0.515. The van der Waals surface area contributed by atoms with Gasteiger partial charge in [-0.3, -0.25) is 9.59 Å². The zero-order valence-electron chi connectivity index (χ0n) is 14.5. The maximum atomic E-state index is 12.6. The Bertz CT molecular complexity index is 723. The Balaban J connectivity index is 1.46. The van der Waals surface area contributed by atoms with Gasteiger partial charge in [-0.25, -0.2) is 0 Å². The third-order valence-corrected chi connectivity index (χ3v) is 5.56. The van der Waals surface area contributed by atoms with Crippen LogP contribution < -0.4 is 4.74 Å². The molecule has 5 nitrogen and oxygen atoms in total. The van der Waals surface area contributed by atoms with E-state index < -0.39 is 0 Å². The van der Waals surface area contributed by atoms with Crippen LogP contribution in [-0.2, 0) is 9.59 Å². The quantitative estimate of drug-likeness (QED) is 0.471. The summed E-state index contributed by atoms with van der Waals surface area (Å²) in [5, 5.41) is 5.26. The van der Waals surface area contributed by atoms with Crippen LogP contribution in [0.1, 0.15) is 32.3 Å². The first-order valence-corrected chi connectivity index (χ1v) is 8.95. The van der Waals surface area contributed by atoms with E-state index >= 15 is 0 Å². The molecule has 1 aromatic carbocycles. The summed E-state index contributed by atoms with van der Waals surface area (Å²) < 4.78 is 5.74. The lowest BCUT2D eigenvalue weighted by atomic mass is 9.85. The molecule has 5 heteroatoms.